The van der Waals surface area contributed by atoms with Crippen molar-refractivity contribution in [3.05, 3.63) is 164 Å². The number of hydrogen-bond donors (Lipinski definition) is 0. The Morgan fingerprint density at radius 3 is 1.93 bits per heavy atom. The minimum atomic E-state index is 0.929. The molecule has 0 radical (unpaired) electrons. The zero-order chi connectivity index (χ0) is 29.5. The fraction of sp³-hybridized carbons (Fsp3) is 0.0244. The van der Waals surface area contributed by atoms with E-state index in [2.05, 4.69) is 144 Å². The molecule has 208 valence electrons. The summed E-state index contributed by atoms with van der Waals surface area (Å²) in [5.41, 5.74) is 12.9. The first-order chi connectivity index (χ1) is 21.7. The largest absolute Gasteiger partial charge is 0.299 e. The van der Waals surface area contributed by atoms with Gasteiger partial charge in [-0.2, -0.15) is 0 Å². The van der Waals surface area contributed by atoms with Crippen LogP contribution < -0.4 is 0 Å². The Bertz CT molecular complexity index is 2300. The topological polar surface area (TPSA) is 30.2 Å². The second-order valence-corrected chi connectivity index (χ2v) is 11.2. The first kappa shape index (κ1) is 25.9. The molecule has 0 bridgehead atoms. The van der Waals surface area contributed by atoms with E-state index in [0.29, 0.717) is 0 Å². The number of aromatic nitrogens is 3. The molecule has 0 atom stereocenters. The summed E-state index contributed by atoms with van der Waals surface area (Å²) in [5.74, 6) is 0. The summed E-state index contributed by atoms with van der Waals surface area (Å²) in [6.45, 7) is 2.04. The van der Waals surface area contributed by atoms with E-state index in [0.717, 1.165) is 61.8 Å². The van der Waals surface area contributed by atoms with Gasteiger partial charge in [-0.25, -0.2) is 4.98 Å². The third-order valence-electron chi connectivity index (χ3n) is 8.25. The van der Waals surface area contributed by atoms with Gasteiger partial charge in [0.25, 0.3) is 0 Å². The van der Waals surface area contributed by atoms with Gasteiger partial charge in [0.1, 0.15) is 5.65 Å². The van der Waals surface area contributed by atoms with Crippen LogP contribution in [0.1, 0.15) is 5.69 Å². The van der Waals surface area contributed by atoms with Crippen LogP contribution in [0.2, 0.25) is 0 Å². The van der Waals surface area contributed by atoms with Gasteiger partial charge in [0.05, 0.1) is 17.1 Å². The summed E-state index contributed by atoms with van der Waals surface area (Å²) in [7, 11) is 0. The van der Waals surface area contributed by atoms with Gasteiger partial charge in [-0.3, -0.25) is 9.38 Å². The van der Waals surface area contributed by atoms with Gasteiger partial charge in [-0.15, -0.1) is 0 Å². The van der Waals surface area contributed by atoms with E-state index in [1.54, 1.807) is 0 Å². The van der Waals surface area contributed by atoms with E-state index in [1.807, 2.05) is 25.1 Å². The lowest BCUT2D eigenvalue weighted by Gasteiger charge is -2.13. The van der Waals surface area contributed by atoms with Crippen molar-refractivity contribution >= 4 is 16.4 Å². The van der Waals surface area contributed by atoms with Crippen molar-refractivity contribution < 1.29 is 0 Å². The zero-order valence-electron chi connectivity index (χ0n) is 24.4. The van der Waals surface area contributed by atoms with E-state index < -0.39 is 0 Å². The SMILES string of the molecule is Cc1cccc(-c2cc(-c3cccc(-c4c(-c5ccccc5)nc5ccccn45)c3)cc(-c3ccc4ccccc4c3)c2)n1. The second kappa shape index (κ2) is 10.8. The van der Waals surface area contributed by atoms with E-state index in [-0.39, 0.29) is 0 Å². The molecule has 8 rings (SSSR count). The molecule has 0 unspecified atom stereocenters. The molecule has 0 N–H and O–H groups in total. The summed E-state index contributed by atoms with van der Waals surface area (Å²) < 4.78 is 2.19. The molecule has 3 nitrogen and oxygen atoms in total. The Labute approximate surface area is 256 Å². The lowest BCUT2D eigenvalue weighted by Crippen LogP contribution is -1.92. The van der Waals surface area contributed by atoms with Crippen molar-refractivity contribution in [1.82, 2.24) is 14.4 Å². The van der Waals surface area contributed by atoms with Crippen LogP contribution in [-0.2, 0) is 0 Å². The molecule has 0 saturated carbocycles. The maximum absolute atomic E-state index is 5.06. The first-order valence-electron chi connectivity index (χ1n) is 14.9. The highest BCUT2D eigenvalue weighted by Crippen LogP contribution is 2.37. The number of fused-ring (bicyclic) bond motifs is 2. The van der Waals surface area contributed by atoms with E-state index >= 15 is 0 Å². The molecule has 0 aliphatic heterocycles. The van der Waals surface area contributed by atoms with Gasteiger partial charge in [-0.1, -0.05) is 97.1 Å². The van der Waals surface area contributed by atoms with Crippen molar-refractivity contribution in [2.45, 2.75) is 6.92 Å². The van der Waals surface area contributed by atoms with Crippen LogP contribution in [0, 0.1) is 6.92 Å². The third-order valence-corrected chi connectivity index (χ3v) is 8.25. The summed E-state index contributed by atoms with van der Waals surface area (Å²) in [6, 6.07) is 53.7. The number of benzene rings is 5. The number of nitrogens with zero attached hydrogens (tertiary/aromatic N) is 3. The Morgan fingerprint density at radius 1 is 0.432 bits per heavy atom. The maximum Gasteiger partial charge on any atom is 0.137 e. The minimum absolute atomic E-state index is 0.929. The van der Waals surface area contributed by atoms with Gasteiger partial charge < -0.3 is 0 Å². The fourth-order valence-electron chi connectivity index (χ4n) is 6.10. The van der Waals surface area contributed by atoms with Crippen molar-refractivity contribution in [2.75, 3.05) is 0 Å². The Kier molecular flexibility index (Phi) is 6.35. The van der Waals surface area contributed by atoms with Crippen LogP contribution in [0.3, 0.4) is 0 Å². The minimum Gasteiger partial charge on any atom is -0.299 e. The molecular formula is C41H29N3. The highest BCUT2D eigenvalue weighted by Gasteiger charge is 2.17. The Balaban J connectivity index is 1.32. The predicted octanol–water partition coefficient (Wildman–Crippen LogP) is 10.5. The molecule has 8 aromatic rings. The lowest BCUT2D eigenvalue weighted by molar-refractivity contribution is 1.19. The molecule has 3 aromatic heterocycles. The van der Waals surface area contributed by atoms with Crippen LogP contribution >= 0.6 is 0 Å². The van der Waals surface area contributed by atoms with Crippen molar-refractivity contribution in [2.24, 2.45) is 0 Å². The Morgan fingerprint density at radius 2 is 1.09 bits per heavy atom. The molecule has 0 aliphatic carbocycles. The normalized spacial score (nSPS) is 11.3. The molecule has 44 heavy (non-hydrogen) atoms. The average molecular weight is 564 g/mol. The molecule has 3 heterocycles. The van der Waals surface area contributed by atoms with Crippen molar-refractivity contribution in [3.8, 4) is 56.0 Å². The van der Waals surface area contributed by atoms with Crippen molar-refractivity contribution in [3.63, 3.8) is 0 Å². The predicted molar refractivity (Wildman–Crippen MR) is 182 cm³/mol. The standard InChI is InChI=1S/C41H29N3/c1-28-11-9-18-38(42-28)37-26-35(25-36(27-37)33-21-20-29-12-5-6-15-31(29)23-33)32-16-10-17-34(24-32)41-40(30-13-3-2-4-14-30)43-39-19-7-8-22-44(39)41/h2-27H,1H3. The molecule has 0 fully saturated rings. The quantitative estimate of drug-likeness (QED) is 0.208. The number of rotatable bonds is 5. The summed E-state index contributed by atoms with van der Waals surface area (Å²) in [5, 5.41) is 2.47. The Hall–Kier alpha value is -5.80. The monoisotopic (exact) mass is 563 g/mol. The van der Waals surface area contributed by atoms with Gasteiger partial charge in [0.2, 0.25) is 0 Å². The third kappa shape index (κ3) is 4.75. The molecule has 5 aromatic carbocycles. The maximum atomic E-state index is 5.06. The van der Waals surface area contributed by atoms with Crippen LogP contribution in [0.5, 0.6) is 0 Å². The first-order valence-corrected chi connectivity index (χ1v) is 14.9. The smallest absolute Gasteiger partial charge is 0.137 e. The summed E-state index contributed by atoms with van der Waals surface area (Å²) in [6.07, 6.45) is 2.10. The zero-order valence-corrected chi connectivity index (χ0v) is 24.4. The molecule has 0 aliphatic rings. The van der Waals surface area contributed by atoms with Gasteiger partial charge in [0.15, 0.2) is 0 Å². The lowest BCUT2D eigenvalue weighted by atomic mass is 9.92. The van der Waals surface area contributed by atoms with Crippen LogP contribution in [0.4, 0.5) is 0 Å². The highest BCUT2D eigenvalue weighted by molar-refractivity contribution is 5.90. The molecule has 3 heteroatoms. The molecule has 0 spiro atoms. The molecular weight excluding hydrogens is 534 g/mol. The summed E-state index contributed by atoms with van der Waals surface area (Å²) in [4.78, 5) is 9.95. The van der Waals surface area contributed by atoms with Crippen LogP contribution in [0.25, 0.3) is 72.4 Å². The van der Waals surface area contributed by atoms with Crippen molar-refractivity contribution in [1.29, 1.82) is 0 Å². The molecule has 0 saturated heterocycles. The number of hydrogen-bond acceptors (Lipinski definition) is 2. The fourth-order valence-corrected chi connectivity index (χ4v) is 6.10. The van der Waals surface area contributed by atoms with Gasteiger partial charge in [0, 0.05) is 28.6 Å². The number of pyridine rings is 2. The second-order valence-electron chi connectivity index (χ2n) is 11.2. The van der Waals surface area contributed by atoms with Gasteiger partial charge in [-0.05, 0) is 94.5 Å². The van der Waals surface area contributed by atoms with E-state index in [1.165, 1.54) is 16.3 Å². The van der Waals surface area contributed by atoms with E-state index in [9.17, 15) is 0 Å². The van der Waals surface area contributed by atoms with Crippen LogP contribution in [0.15, 0.2) is 158 Å². The van der Waals surface area contributed by atoms with Gasteiger partial charge >= 0.3 is 0 Å². The summed E-state index contributed by atoms with van der Waals surface area (Å²) >= 11 is 0. The highest BCUT2D eigenvalue weighted by atomic mass is 15.0. The van der Waals surface area contributed by atoms with Crippen LogP contribution in [-0.4, -0.2) is 14.4 Å². The van der Waals surface area contributed by atoms with E-state index in [4.69, 9.17) is 9.97 Å². The molecule has 0 amide bonds. The average Bonchev–Trinajstić information content (AvgIpc) is 3.48. The number of aryl methyl sites for hydroxylation is 1. The number of imidazole rings is 1.